The molecule has 2 N–H and O–H groups in total. The fourth-order valence-electron chi connectivity index (χ4n) is 2.12. The van der Waals surface area contributed by atoms with E-state index in [-0.39, 0.29) is 11.4 Å². The van der Waals surface area contributed by atoms with E-state index in [4.69, 9.17) is 0 Å². The van der Waals surface area contributed by atoms with Gasteiger partial charge in [-0.05, 0) is 31.7 Å². The first kappa shape index (κ1) is 17.4. The normalized spacial score (nSPS) is 11.5. The van der Waals surface area contributed by atoms with Crippen LogP contribution in [0.4, 0.5) is 9.93 Å². The molecule has 2 aromatic rings. The molecule has 0 saturated heterocycles. The van der Waals surface area contributed by atoms with Crippen molar-refractivity contribution in [2.75, 3.05) is 11.9 Å². The highest BCUT2D eigenvalue weighted by atomic mass is 32.1. The number of nitrogens with one attached hydrogen (secondary N) is 2. The zero-order valence-corrected chi connectivity index (χ0v) is 14.9. The van der Waals surface area contributed by atoms with Crippen molar-refractivity contribution >= 4 is 22.5 Å². The Morgan fingerprint density at radius 2 is 1.91 bits per heavy atom. The van der Waals surface area contributed by atoms with E-state index >= 15 is 0 Å². The molecule has 0 saturated carbocycles. The van der Waals surface area contributed by atoms with Gasteiger partial charge in [-0.1, -0.05) is 55.5 Å². The van der Waals surface area contributed by atoms with E-state index < -0.39 is 0 Å². The highest BCUT2D eigenvalue weighted by molar-refractivity contribution is 7.15. The first-order chi connectivity index (χ1) is 10.9. The molecule has 6 heteroatoms. The number of hydrogen-bond donors (Lipinski definition) is 2. The summed E-state index contributed by atoms with van der Waals surface area (Å²) in [6.07, 6.45) is 0.954. The highest BCUT2D eigenvalue weighted by Crippen LogP contribution is 2.34. The van der Waals surface area contributed by atoms with Gasteiger partial charge < -0.3 is 5.32 Å². The molecule has 0 aliphatic carbocycles. The molecular formula is C17H24N4OS. The Labute approximate surface area is 141 Å². The fourth-order valence-corrected chi connectivity index (χ4v) is 2.98. The van der Waals surface area contributed by atoms with Crippen LogP contribution < -0.4 is 10.6 Å². The summed E-state index contributed by atoms with van der Waals surface area (Å²) in [5.41, 5.74) is 0.927. The number of carbonyl (C=O) groups excluding carboxylic acids is 1. The molecule has 0 aliphatic heterocycles. The number of carbonyl (C=O) groups is 1. The molecule has 0 unspecified atom stereocenters. The van der Waals surface area contributed by atoms with Crippen LogP contribution in [0.25, 0.3) is 0 Å². The van der Waals surface area contributed by atoms with Crippen LogP contribution in [0.15, 0.2) is 30.3 Å². The van der Waals surface area contributed by atoms with Gasteiger partial charge in [0.15, 0.2) is 0 Å². The first-order valence-electron chi connectivity index (χ1n) is 7.84. The topological polar surface area (TPSA) is 66.9 Å². The van der Waals surface area contributed by atoms with E-state index in [0.29, 0.717) is 17.6 Å². The average Bonchev–Trinajstić information content (AvgIpc) is 2.97. The quantitative estimate of drug-likeness (QED) is 0.839. The number of rotatable bonds is 6. The molecule has 2 rings (SSSR count). The number of anilines is 1. The molecule has 124 valence electrons. The Morgan fingerprint density at radius 3 is 2.57 bits per heavy atom. The van der Waals surface area contributed by atoms with Gasteiger partial charge in [0.2, 0.25) is 5.13 Å². The number of urea groups is 1. The second-order valence-corrected chi connectivity index (χ2v) is 7.44. The lowest BCUT2D eigenvalue weighted by molar-refractivity contribution is 0.251. The van der Waals surface area contributed by atoms with Crippen molar-refractivity contribution in [1.29, 1.82) is 0 Å². The maximum atomic E-state index is 11.8. The molecule has 23 heavy (non-hydrogen) atoms. The van der Waals surface area contributed by atoms with Crippen molar-refractivity contribution < 1.29 is 4.79 Å². The Bertz CT molecular complexity index is 637. The van der Waals surface area contributed by atoms with E-state index in [1.165, 1.54) is 16.9 Å². The van der Waals surface area contributed by atoms with Gasteiger partial charge in [0.1, 0.15) is 5.01 Å². The Morgan fingerprint density at radius 1 is 1.22 bits per heavy atom. The minimum atomic E-state index is -0.243. The third kappa shape index (κ3) is 4.76. The monoisotopic (exact) mass is 332 g/mol. The van der Waals surface area contributed by atoms with Crippen LogP contribution in [0, 0.1) is 5.92 Å². The van der Waals surface area contributed by atoms with Gasteiger partial charge in [0.05, 0.1) is 0 Å². The number of benzene rings is 1. The summed E-state index contributed by atoms with van der Waals surface area (Å²) < 4.78 is 0. The van der Waals surface area contributed by atoms with Crippen LogP contribution in [-0.2, 0) is 5.41 Å². The van der Waals surface area contributed by atoms with Gasteiger partial charge in [-0.25, -0.2) is 4.79 Å². The number of amides is 2. The highest BCUT2D eigenvalue weighted by Gasteiger charge is 2.27. The van der Waals surface area contributed by atoms with Gasteiger partial charge >= 0.3 is 6.03 Å². The maximum Gasteiger partial charge on any atom is 0.321 e. The van der Waals surface area contributed by atoms with Crippen molar-refractivity contribution in [2.45, 2.75) is 39.5 Å². The van der Waals surface area contributed by atoms with Gasteiger partial charge in [-0.3, -0.25) is 5.32 Å². The zero-order chi connectivity index (χ0) is 16.9. The minimum absolute atomic E-state index is 0.231. The van der Waals surface area contributed by atoms with Gasteiger partial charge in [0.25, 0.3) is 0 Å². The summed E-state index contributed by atoms with van der Waals surface area (Å²) in [4.78, 5) is 11.8. The summed E-state index contributed by atoms with van der Waals surface area (Å²) in [5, 5.41) is 15.3. The first-order valence-corrected chi connectivity index (χ1v) is 8.65. The predicted molar refractivity (Wildman–Crippen MR) is 95.0 cm³/mol. The molecule has 0 spiro atoms. The standard InChI is InChI=1S/C17H24N4OS/c1-12(2)10-11-18-15(22)19-16-21-20-14(23-16)17(3,4)13-8-6-5-7-9-13/h5-9,12H,10-11H2,1-4H3,(H2,18,19,21,22). The third-order valence-corrected chi connectivity index (χ3v) is 4.85. The summed E-state index contributed by atoms with van der Waals surface area (Å²) in [6, 6.07) is 9.94. The van der Waals surface area contributed by atoms with Crippen molar-refractivity contribution in [2.24, 2.45) is 5.92 Å². The van der Waals surface area contributed by atoms with Crippen molar-refractivity contribution in [3.63, 3.8) is 0 Å². The second kappa shape index (κ2) is 7.55. The van der Waals surface area contributed by atoms with Crippen LogP contribution in [0.5, 0.6) is 0 Å². The fraction of sp³-hybridized carbons (Fsp3) is 0.471. The molecule has 1 aromatic carbocycles. The van der Waals surface area contributed by atoms with E-state index in [9.17, 15) is 4.79 Å². The summed E-state index contributed by atoms with van der Waals surface area (Å²) in [6.45, 7) is 9.12. The summed E-state index contributed by atoms with van der Waals surface area (Å²) in [5.74, 6) is 0.565. The van der Waals surface area contributed by atoms with E-state index in [2.05, 4.69) is 60.7 Å². The molecule has 5 nitrogen and oxygen atoms in total. The number of nitrogens with zero attached hydrogens (tertiary/aromatic N) is 2. The number of hydrogen-bond acceptors (Lipinski definition) is 4. The molecule has 0 bridgehead atoms. The van der Waals surface area contributed by atoms with E-state index in [1.54, 1.807) is 0 Å². The molecule has 0 aliphatic rings. The molecule has 0 fully saturated rings. The van der Waals surface area contributed by atoms with E-state index in [0.717, 1.165) is 11.4 Å². The van der Waals surface area contributed by atoms with Gasteiger partial charge in [-0.2, -0.15) is 0 Å². The van der Waals surface area contributed by atoms with Crippen LogP contribution in [-0.4, -0.2) is 22.8 Å². The smallest absolute Gasteiger partial charge is 0.321 e. The average molecular weight is 332 g/mol. The van der Waals surface area contributed by atoms with Crippen molar-refractivity contribution in [3.8, 4) is 0 Å². The van der Waals surface area contributed by atoms with Crippen LogP contribution in [0.2, 0.25) is 0 Å². The predicted octanol–water partition coefficient (Wildman–Crippen LogP) is 4.03. The molecule has 1 aromatic heterocycles. The van der Waals surface area contributed by atoms with Crippen molar-refractivity contribution in [1.82, 2.24) is 15.5 Å². The Balaban J connectivity index is 1.99. The SMILES string of the molecule is CC(C)CCNC(=O)Nc1nnc(C(C)(C)c2ccccc2)s1. The molecule has 0 atom stereocenters. The lowest BCUT2D eigenvalue weighted by Crippen LogP contribution is -2.30. The Hall–Kier alpha value is -1.95. The Kier molecular flexibility index (Phi) is 5.71. The molecule has 2 amide bonds. The summed E-state index contributed by atoms with van der Waals surface area (Å²) >= 11 is 1.41. The van der Waals surface area contributed by atoms with Gasteiger partial charge in [-0.15, -0.1) is 10.2 Å². The van der Waals surface area contributed by atoms with Crippen molar-refractivity contribution in [3.05, 3.63) is 40.9 Å². The lowest BCUT2D eigenvalue weighted by Gasteiger charge is -2.21. The third-order valence-electron chi connectivity index (χ3n) is 3.68. The molecular weight excluding hydrogens is 308 g/mol. The second-order valence-electron chi connectivity index (χ2n) is 6.47. The zero-order valence-electron chi connectivity index (χ0n) is 14.1. The number of aromatic nitrogens is 2. The van der Waals surface area contributed by atoms with Crippen LogP contribution in [0.3, 0.4) is 0 Å². The minimum Gasteiger partial charge on any atom is -0.338 e. The van der Waals surface area contributed by atoms with Crippen LogP contribution in [0.1, 0.15) is 44.7 Å². The van der Waals surface area contributed by atoms with Gasteiger partial charge in [0, 0.05) is 12.0 Å². The molecule has 0 radical (unpaired) electrons. The maximum absolute atomic E-state index is 11.8. The van der Waals surface area contributed by atoms with E-state index in [1.807, 2.05) is 18.2 Å². The lowest BCUT2D eigenvalue weighted by atomic mass is 9.85. The largest absolute Gasteiger partial charge is 0.338 e. The molecule has 1 heterocycles. The van der Waals surface area contributed by atoms with Crippen LogP contribution >= 0.6 is 11.3 Å². The summed E-state index contributed by atoms with van der Waals surface area (Å²) in [7, 11) is 0.